The smallest absolute Gasteiger partial charge is 0.00361 e. The van der Waals surface area contributed by atoms with E-state index >= 15 is 0 Å². The van der Waals surface area contributed by atoms with Crippen molar-refractivity contribution in [3.8, 4) is 0 Å². The van der Waals surface area contributed by atoms with E-state index in [-0.39, 0.29) is 0 Å². The molecule has 0 aromatic carbocycles. The highest BCUT2D eigenvalue weighted by Crippen LogP contribution is 2.11. The normalized spacial score (nSPS) is 10.0. The Hall–Kier alpha value is 0.620. The molecule has 0 bridgehead atoms. The van der Waals surface area contributed by atoms with E-state index in [1.54, 1.807) is 12.5 Å². The van der Waals surface area contributed by atoms with Crippen LogP contribution in [0.4, 0.5) is 0 Å². The van der Waals surface area contributed by atoms with E-state index in [4.69, 9.17) is 0 Å². The molecule has 0 atom stereocenters. The van der Waals surface area contributed by atoms with E-state index in [9.17, 15) is 5.21 Å². The molecule has 0 rings (SSSR count). The average molecular weight is 124 g/mol. The number of hydrogen-bond acceptors (Lipinski definition) is 4. The Morgan fingerprint density at radius 1 is 1.33 bits per heavy atom. The van der Waals surface area contributed by atoms with Gasteiger partial charge in [0.15, 0.2) is 0 Å². The van der Waals surface area contributed by atoms with E-state index < -0.39 is 0 Å². The molecule has 0 saturated heterocycles. The molecule has 0 unspecified atom stereocenters. The van der Waals surface area contributed by atoms with Crippen molar-refractivity contribution in [2.45, 2.75) is 0 Å². The molecular weight excluding hydrogens is 118 g/mol. The zero-order valence-corrected chi connectivity index (χ0v) is 5.30. The lowest BCUT2D eigenvalue weighted by Gasteiger charge is -2.19. The highest BCUT2D eigenvalue weighted by Gasteiger charge is 1.74. The van der Waals surface area contributed by atoms with Crippen molar-refractivity contribution in [3.63, 3.8) is 0 Å². The van der Waals surface area contributed by atoms with Gasteiger partial charge in [0.25, 0.3) is 0 Å². The van der Waals surface area contributed by atoms with Crippen molar-refractivity contribution in [2.24, 2.45) is 0 Å². The molecule has 0 saturated carbocycles. The first kappa shape index (κ1) is 6.62. The molecule has 0 aliphatic carbocycles. The summed E-state index contributed by atoms with van der Waals surface area (Å²) in [5.74, 6) is 0. The van der Waals surface area contributed by atoms with Crippen LogP contribution in [-0.4, -0.2) is 16.4 Å². The fraction of sp³-hybridized carbons (Fsp3) is 1.00. The quantitative estimate of drug-likeness (QED) is 0.410. The van der Waals surface area contributed by atoms with Gasteiger partial charge in [-0.3, -0.25) is 3.87 Å². The minimum Gasteiger partial charge on any atom is -0.766 e. The van der Waals surface area contributed by atoms with Crippen LogP contribution in [0.3, 0.4) is 0 Å². The first-order chi connectivity index (χ1) is 2.81. The molecule has 0 amide bonds. The van der Waals surface area contributed by atoms with Crippen LogP contribution in [0.2, 0.25) is 0 Å². The van der Waals surface area contributed by atoms with E-state index in [0.29, 0.717) is 0 Å². The lowest BCUT2D eigenvalue weighted by molar-refractivity contribution is 1.07. The monoisotopic (exact) mass is 124 g/mol. The lowest BCUT2D eigenvalue weighted by Crippen LogP contribution is -1.88. The van der Waals surface area contributed by atoms with E-state index in [0.717, 1.165) is 3.87 Å². The maximum absolute atomic E-state index is 10.0. The summed E-state index contributed by atoms with van der Waals surface area (Å²) in [4.78, 5) is 0. The van der Waals surface area contributed by atoms with Crippen molar-refractivity contribution in [1.29, 1.82) is 0 Å². The van der Waals surface area contributed by atoms with E-state index in [1.165, 1.54) is 23.9 Å². The third kappa shape index (κ3) is 2.84. The topological polar surface area (TPSA) is 26.3 Å². The minimum atomic E-state index is 0.833. The summed E-state index contributed by atoms with van der Waals surface area (Å²) in [6.45, 7) is 0. The van der Waals surface area contributed by atoms with Crippen molar-refractivity contribution < 1.29 is 0 Å². The van der Waals surface area contributed by atoms with Gasteiger partial charge in [0.1, 0.15) is 0 Å². The molecule has 38 valence electrons. The highest BCUT2D eigenvalue weighted by molar-refractivity contribution is 8.11. The average Bonchev–Trinajstić information content (AvgIpc) is 1.65. The van der Waals surface area contributed by atoms with Gasteiger partial charge in [0, 0.05) is 0 Å². The Labute approximate surface area is 46.1 Å². The largest absolute Gasteiger partial charge is 0.766 e. The second-order valence-electron chi connectivity index (χ2n) is 0.589. The van der Waals surface area contributed by atoms with Crippen LogP contribution in [0.1, 0.15) is 0 Å². The van der Waals surface area contributed by atoms with Gasteiger partial charge in [-0.25, -0.2) is 0 Å². The fourth-order valence-electron chi connectivity index (χ4n) is 0.0745. The van der Waals surface area contributed by atoms with Gasteiger partial charge in [-0.15, -0.1) is 0 Å². The molecule has 0 spiro atoms. The molecule has 0 aromatic rings. The van der Waals surface area contributed by atoms with Crippen molar-refractivity contribution in [1.82, 2.24) is 3.87 Å². The van der Waals surface area contributed by atoms with Crippen LogP contribution in [0.25, 0.3) is 0 Å². The number of hydrogen-bond donors (Lipinski definition) is 0. The Balaban J connectivity index is 2.75. The second-order valence-corrected chi connectivity index (χ2v) is 2.21. The van der Waals surface area contributed by atoms with Gasteiger partial charge in [0.05, 0.1) is 0 Å². The zero-order valence-electron chi connectivity index (χ0n) is 3.67. The van der Waals surface area contributed by atoms with Crippen LogP contribution in [-0.2, 0) is 0 Å². The molecule has 6 heavy (non-hydrogen) atoms. The van der Waals surface area contributed by atoms with Crippen molar-refractivity contribution in [3.05, 3.63) is 5.21 Å². The standard InChI is InChI=1S/C2H6NOS2/c1-5-3(4)6-2/h1-2H3/q-1. The van der Waals surface area contributed by atoms with Crippen LogP contribution in [0.5, 0.6) is 0 Å². The van der Waals surface area contributed by atoms with Gasteiger partial charge in [-0.05, 0) is 12.5 Å². The third-order valence-corrected chi connectivity index (χ3v) is 1.79. The Morgan fingerprint density at radius 3 is 1.67 bits per heavy atom. The molecule has 0 aliphatic rings. The summed E-state index contributed by atoms with van der Waals surface area (Å²) in [6, 6.07) is 0. The van der Waals surface area contributed by atoms with Gasteiger partial charge in [0.2, 0.25) is 0 Å². The maximum Gasteiger partial charge on any atom is -0.00361 e. The van der Waals surface area contributed by atoms with Crippen molar-refractivity contribution in [2.75, 3.05) is 12.5 Å². The zero-order chi connectivity index (χ0) is 4.99. The molecule has 0 fully saturated rings. The highest BCUT2D eigenvalue weighted by atomic mass is 32.2. The van der Waals surface area contributed by atoms with Gasteiger partial charge < -0.3 is 5.21 Å². The number of nitrogens with zero attached hydrogens (tertiary/aromatic N) is 1. The van der Waals surface area contributed by atoms with E-state index in [1.807, 2.05) is 0 Å². The summed E-state index contributed by atoms with van der Waals surface area (Å²) in [5.41, 5.74) is 0. The van der Waals surface area contributed by atoms with Crippen LogP contribution < -0.4 is 0 Å². The first-order valence-electron chi connectivity index (χ1n) is 1.36. The minimum absolute atomic E-state index is 0.833. The molecule has 4 heteroatoms. The third-order valence-electron chi connectivity index (χ3n) is 0.298. The molecule has 0 aromatic heterocycles. The summed E-state index contributed by atoms with van der Waals surface area (Å²) in [5, 5.41) is 10.0. The van der Waals surface area contributed by atoms with Gasteiger partial charge >= 0.3 is 0 Å². The van der Waals surface area contributed by atoms with Gasteiger partial charge in [-0.1, -0.05) is 23.9 Å². The number of rotatable bonds is 2. The Morgan fingerprint density at radius 2 is 1.67 bits per heavy atom. The molecule has 2 nitrogen and oxygen atoms in total. The predicted molar refractivity (Wildman–Crippen MR) is 32.2 cm³/mol. The summed E-state index contributed by atoms with van der Waals surface area (Å²) in [7, 11) is 0. The van der Waals surface area contributed by atoms with Crippen LogP contribution >= 0.6 is 23.9 Å². The molecule has 0 heterocycles. The molecule has 0 radical (unpaired) electrons. The van der Waals surface area contributed by atoms with Crippen LogP contribution in [0, 0.1) is 5.21 Å². The Kier molecular flexibility index (Phi) is 4.19. The maximum atomic E-state index is 10.0. The summed E-state index contributed by atoms with van der Waals surface area (Å²) in [6.07, 6.45) is 3.48. The summed E-state index contributed by atoms with van der Waals surface area (Å²) >= 11 is 2.33. The fourth-order valence-corrected chi connectivity index (χ4v) is 0.671. The summed E-state index contributed by atoms with van der Waals surface area (Å²) < 4.78 is 0.833. The second kappa shape index (κ2) is 3.80. The molecule has 0 N–H and O–H groups in total. The lowest BCUT2D eigenvalue weighted by atomic mass is 12.0. The molecule has 0 aliphatic heterocycles. The van der Waals surface area contributed by atoms with E-state index in [2.05, 4.69) is 0 Å². The van der Waals surface area contributed by atoms with Gasteiger partial charge in [-0.2, -0.15) is 0 Å². The van der Waals surface area contributed by atoms with Crippen molar-refractivity contribution >= 4 is 23.9 Å². The van der Waals surface area contributed by atoms with Crippen LogP contribution in [0.15, 0.2) is 0 Å². The first-order valence-corrected chi connectivity index (χ1v) is 3.73. The SMILES string of the molecule is CSN([O-])SC. The Bertz CT molecular complexity index is 30.7. The predicted octanol–water partition coefficient (Wildman–Crippen LogP) is 1.34. The molecular formula is C2H6NOS2-.